The highest BCUT2D eigenvalue weighted by molar-refractivity contribution is 7.80. The van der Waals surface area contributed by atoms with Gasteiger partial charge in [0.25, 0.3) is 5.91 Å². The summed E-state index contributed by atoms with van der Waals surface area (Å²) in [6.07, 6.45) is 7.29. The molecule has 5 heteroatoms. The zero-order valence-corrected chi connectivity index (χ0v) is 9.91. The first-order chi connectivity index (χ1) is 8.25. The van der Waals surface area contributed by atoms with Crippen LogP contribution >= 0.6 is 12.2 Å². The summed E-state index contributed by atoms with van der Waals surface area (Å²) in [7, 11) is 0. The molecule has 1 amide bonds. The molecule has 1 saturated heterocycles. The Balaban J connectivity index is 1.88. The molecule has 0 radical (unpaired) electrons. The summed E-state index contributed by atoms with van der Waals surface area (Å²) in [6, 6.07) is 4.04. The molecule has 2 heterocycles. The third-order valence-corrected chi connectivity index (χ3v) is 3.12. The van der Waals surface area contributed by atoms with Crippen molar-refractivity contribution in [2.75, 3.05) is 0 Å². The van der Waals surface area contributed by atoms with Crippen molar-refractivity contribution in [3.05, 3.63) is 35.8 Å². The van der Waals surface area contributed by atoms with Gasteiger partial charge in [-0.15, -0.1) is 0 Å². The molecule has 0 spiro atoms. The summed E-state index contributed by atoms with van der Waals surface area (Å²) in [5, 5.41) is 3.49. The third kappa shape index (κ3) is 1.93. The van der Waals surface area contributed by atoms with Crippen LogP contribution < -0.4 is 5.32 Å². The number of nitrogens with one attached hydrogen (secondary N) is 1. The van der Waals surface area contributed by atoms with Crippen LogP contribution in [0.4, 0.5) is 0 Å². The predicted octanol–water partition coefficient (Wildman–Crippen LogP) is 1.30. The Bertz CT molecular complexity index is 508. The number of pyridine rings is 1. The van der Waals surface area contributed by atoms with Gasteiger partial charge in [0.1, 0.15) is 5.70 Å². The lowest BCUT2D eigenvalue weighted by Crippen LogP contribution is -2.32. The Morgan fingerprint density at radius 2 is 2.35 bits per heavy atom. The first-order valence-corrected chi connectivity index (χ1v) is 5.93. The minimum atomic E-state index is -0.0265. The highest BCUT2D eigenvalue weighted by Gasteiger charge is 2.41. The van der Waals surface area contributed by atoms with E-state index in [0.29, 0.717) is 16.9 Å². The van der Waals surface area contributed by atoms with Gasteiger partial charge in [-0.1, -0.05) is 6.07 Å². The average Bonchev–Trinajstić information content (AvgIpc) is 3.10. The number of carbonyl (C=O) groups excluding carboxylic acids is 1. The van der Waals surface area contributed by atoms with Crippen LogP contribution in [0, 0.1) is 0 Å². The van der Waals surface area contributed by atoms with E-state index in [1.807, 2.05) is 12.1 Å². The van der Waals surface area contributed by atoms with Crippen LogP contribution in [0.1, 0.15) is 18.4 Å². The van der Waals surface area contributed by atoms with Crippen LogP contribution in [0.3, 0.4) is 0 Å². The summed E-state index contributed by atoms with van der Waals surface area (Å²) >= 11 is 5.16. The van der Waals surface area contributed by atoms with E-state index in [0.717, 1.165) is 18.4 Å². The van der Waals surface area contributed by atoms with Gasteiger partial charge in [-0.25, -0.2) is 0 Å². The number of aromatic nitrogens is 1. The monoisotopic (exact) mass is 245 g/mol. The molecule has 1 aromatic heterocycles. The zero-order valence-electron chi connectivity index (χ0n) is 9.09. The first-order valence-electron chi connectivity index (χ1n) is 5.52. The highest BCUT2D eigenvalue weighted by Crippen LogP contribution is 2.30. The molecule has 1 saturated carbocycles. The molecule has 2 fully saturated rings. The Morgan fingerprint density at radius 1 is 1.53 bits per heavy atom. The van der Waals surface area contributed by atoms with Crippen LogP contribution in [-0.4, -0.2) is 26.9 Å². The van der Waals surface area contributed by atoms with E-state index in [4.69, 9.17) is 12.2 Å². The average molecular weight is 245 g/mol. The Hall–Kier alpha value is -1.75. The lowest BCUT2D eigenvalue weighted by atomic mass is 10.2. The molecular formula is C12H11N3OS. The predicted molar refractivity (Wildman–Crippen MR) is 67.8 cm³/mol. The molecule has 2 aliphatic rings. The van der Waals surface area contributed by atoms with Crippen molar-refractivity contribution in [1.82, 2.24) is 15.2 Å². The number of thiocarbonyl (C=S) groups is 1. The van der Waals surface area contributed by atoms with Gasteiger partial charge in [-0.2, -0.15) is 0 Å². The topological polar surface area (TPSA) is 45.2 Å². The Labute approximate surface area is 104 Å². The van der Waals surface area contributed by atoms with Gasteiger partial charge >= 0.3 is 0 Å². The number of hydrogen-bond acceptors (Lipinski definition) is 3. The van der Waals surface area contributed by atoms with Crippen molar-refractivity contribution in [2.24, 2.45) is 0 Å². The van der Waals surface area contributed by atoms with Crippen molar-refractivity contribution < 1.29 is 4.79 Å². The van der Waals surface area contributed by atoms with Crippen molar-refractivity contribution in [2.45, 2.75) is 18.9 Å². The maximum Gasteiger partial charge on any atom is 0.276 e. The summed E-state index contributed by atoms with van der Waals surface area (Å²) in [4.78, 5) is 17.8. The standard InChI is InChI=1S/C12H11N3OS/c16-11-10(6-8-2-1-5-13-7-8)14-12(17)15(11)9-3-4-9/h1-2,5-7,9H,3-4H2,(H,14,17)/b10-6+. The van der Waals surface area contributed by atoms with Gasteiger partial charge in [-0.05, 0) is 42.8 Å². The molecule has 3 rings (SSSR count). The van der Waals surface area contributed by atoms with E-state index in [1.165, 1.54) is 0 Å². The number of rotatable bonds is 2. The van der Waals surface area contributed by atoms with Gasteiger partial charge < -0.3 is 5.32 Å². The molecule has 4 nitrogen and oxygen atoms in total. The van der Waals surface area contributed by atoms with Gasteiger partial charge in [0.15, 0.2) is 5.11 Å². The molecule has 1 aromatic rings. The largest absolute Gasteiger partial charge is 0.328 e. The second kappa shape index (κ2) is 3.92. The van der Waals surface area contributed by atoms with Crippen LogP contribution in [0.25, 0.3) is 6.08 Å². The minimum absolute atomic E-state index is 0.0265. The molecule has 0 atom stereocenters. The van der Waals surface area contributed by atoms with Crippen molar-refractivity contribution >= 4 is 29.3 Å². The second-order valence-electron chi connectivity index (χ2n) is 4.18. The van der Waals surface area contributed by atoms with Gasteiger partial charge in [0, 0.05) is 18.4 Å². The molecule has 1 aliphatic heterocycles. The number of amides is 1. The van der Waals surface area contributed by atoms with Gasteiger partial charge in [0.05, 0.1) is 0 Å². The normalized spacial score (nSPS) is 22.1. The fourth-order valence-corrected chi connectivity index (χ4v) is 2.18. The van der Waals surface area contributed by atoms with E-state index in [9.17, 15) is 4.79 Å². The van der Waals surface area contributed by atoms with E-state index >= 15 is 0 Å². The van der Waals surface area contributed by atoms with Crippen LogP contribution in [0.15, 0.2) is 30.2 Å². The summed E-state index contributed by atoms with van der Waals surface area (Å²) in [6.45, 7) is 0. The van der Waals surface area contributed by atoms with Gasteiger partial charge in [0.2, 0.25) is 0 Å². The van der Waals surface area contributed by atoms with E-state index in [-0.39, 0.29) is 5.91 Å². The lowest BCUT2D eigenvalue weighted by molar-refractivity contribution is -0.122. The number of hydrogen-bond donors (Lipinski definition) is 1. The summed E-state index contributed by atoms with van der Waals surface area (Å²) in [5.74, 6) is -0.0265. The maximum atomic E-state index is 12.1. The Kier molecular flexibility index (Phi) is 2.40. The van der Waals surface area contributed by atoms with E-state index in [1.54, 1.807) is 23.4 Å². The smallest absolute Gasteiger partial charge is 0.276 e. The highest BCUT2D eigenvalue weighted by atomic mass is 32.1. The van der Waals surface area contributed by atoms with E-state index < -0.39 is 0 Å². The molecule has 0 aromatic carbocycles. The second-order valence-corrected chi connectivity index (χ2v) is 4.57. The molecular weight excluding hydrogens is 234 g/mol. The number of carbonyl (C=O) groups is 1. The molecule has 1 N–H and O–H groups in total. The third-order valence-electron chi connectivity index (χ3n) is 2.82. The first kappa shape index (κ1) is 10.4. The van der Waals surface area contributed by atoms with Crippen LogP contribution in [-0.2, 0) is 4.79 Å². The fourth-order valence-electron chi connectivity index (χ4n) is 1.84. The summed E-state index contributed by atoms with van der Waals surface area (Å²) < 4.78 is 0. The summed E-state index contributed by atoms with van der Waals surface area (Å²) in [5.41, 5.74) is 1.43. The molecule has 0 unspecified atom stereocenters. The quantitative estimate of drug-likeness (QED) is 0.630. The number of nitrogens with zero attached hydrogens (tertiary/aromatic N) is 2. The molecule has 86 valence electrons. The van der Waals surface area contributed by atoms with Crippen molar-refractivity contribution in [3.8, 4) is 0 Å². The molecule has 17 heavy (non-hydrogen) atoms. The van der Waals surface area contributed by atoms with Crippen molar-refractivity contribution in [3.63, 3.8) is 0 Å². The van der Waals surface area contributed by atoms with Crippen LogP contribution in [0.5, 0.6) is 0 Å². The van der Waals surface area contributed by atoms with E-state index in [2.05, 4.69) is 10.3 Å². The molecule has 0 bridgehead atoms. The minimum Gasteiger partial charge on any atom is -0.328 e. The Morgan fingerprint density at radius 3 is 3.00 bits per heavy atom. The SMILES string of the molecule is O=C1/C(=C\c2cccnc2)NC(=S)N1C1CC1. The fraction of sp³-hybridized carbons (Fsp3) is 0.250. The van der Waals surface area contributed by atoms with Crippen molar-refractivity contribution in [1.29, 1.82) is 0 Å². The zero-order chi connectivity index (χ0) is 11.8. The molecule has 1 aliphatic carbocycles. The van der Waals surface area contributed by atoms with Crippen LogP contribution in [0.2, 0.25) is 0 Å². The van der Waals surface area contributed by atoms with Gasteiger partial charge in [-0.3, -0.25) is 14.7 Å². The maximum absolute atomic E-state index is 12.1. The lowest BCUT2D eigenvalue weighted by Gasteiger charge is -2.11.